The van der Waals surface area contributed by atoms with Gasteiger partial charge < -0.3 is 9.84 Å². The Morgan fingerprint density at radius 1 is 1.27 bits per heavy atom. The lowest BCUT2D eigenvalue weighted by atomic mass is 10.2. The minimum absolute atomic E-state index is 0.132. The van der Waals surface area contributed by atoms with Crippen LogP contribution >= 0.6 is 11.6 Å². The molecule has 0 unspecified atom stereocenters. The quantitative estimate of drug-likeness (QED) is 0.390. The summed E-state index contributed by atoms with van der Waals surface area (Å²) in [6.07, 6.45) is 3.34. The van der Waals surface area contributed by atoms with Crippen molar-refractivity contribution in [2.45, 2.75) is 39.3 Å². The molecule has 3 heterocycles. The second-order valence-electron chi connectivity index (χ2n) is 7.41. The highest BCUT2D eigenvalue weighted by atomic mass is 35.5. The SMILES string of the molecule is Cc1nn(COCC[Si](C)(C)C)cc1-c1nc(O)c2cc(Cl)ncc2n1. The van der Waals surface area contributed by atoms with Crippen molar-refractivity contribution >= 4 is 30.6 Å². The molecule has 0 radical (unpaired) electrons. The standard InChI is InChI=1S/C17H22ClN5O2Si/c1-11-13(9-23(22-11)10-25-5-6-26(2,3)4)16-20-14-8-19-15(18)7-12(14)17(24)21-16/h7-9H,5-6,10H2,1-4H3,(H,20,21,24). The van der Waals surface area contributed by atoms with Gasteiger partial charge in [-0.2, -0.15) is 10.1 Å². The van der Waals surface area contributed by atoms with E-state index in [1.807, 2.05) is 13.1 Å². The summed E-state index contributed by atoms with van der Waals surface area (Å²) in [6.45, 7) is 9.93. The van der Waals surface area contributed by atoms with Gasteiger partial charge in [-0.05, 0) is 19.0 Å². The van der Waals surface area contributed by atoms with Crippen LogP contribution in [0.15, 0.2) is 18.5 Å². The maximum atomic E-state index is 10.2. The zero-order chi connectivity index (χ0) is 18.9. The monoisotopic (exact) mass is 391 g/mol. The smallest absolute Gasteiger partial charge is 0.222 e. The van der Waals surface area contributed by atoms with Crippen LogP contribution < -0.4 is 0 Å². The number of nitrogens with zero attached hydrogens (tertiary/aromatic N) is 5. The molecule has 138 valence electrons. The highest BCUT2D eigenvalue weighted by Crippen LogP contribution is 2.27. The van der Waals surface area contributed by atoms with Crippen LogP contribution in [0.25, 0.3) is 22.3 Å². The summed E-state index contributed by atoms with van der Waals surface area (Å²) in [5.41, 5.74) is 2.03. The van der Waals surface area contributed by atoms with E-state index in [-0.39, 0.29) is 11.0 Å². The van der Waals surface area contributed by atoms with Crippen LogP contribution in [0, 0.1) is 6.92 Å². The Bertz CT molecular complexity index is 939. The van der Waals surface area contributed by atoms with E-state index >= 15 is 0 Å². The van der Waals surface area contributed by atoms with E-state index in [0.29, 0.717) is 23.5 Å². The van der Waals surface area contributed by atoms with Gasteiger partial charge in [0.05, 0.1) is 28.4 Å². The number of hydrogen-bond acceptors (Lipinski definition) is 6. The molecule has 0 spiro atoms. The number of pyridine rings is 1. The Morgan fingerprint density at radius 3 is 2.77 bits per heavy atom. The van der Waals surface area contributed by atoms with Gasteiger partial charge in [-0.1, -0.05) is 31.2 Å². The first-order valence-corrected chi connectivity index (χ1v) is 12.5. The Kier molecular flexibility index (Phi) is 5.26. The average molecular weight is 392 g/mol. The molecule has 0 aliphatic carbocycles. The molecule has 0 atom stereocenters. The van der Waals surface area contributed by atoms with E-state index in [9.17, 15) is 5.11 Å². The summed E-state index contributed by atoms with van der Waals surface area (Å²) in [5.74, 6) is 0.262. The van der Waals surface area contributed by atoms with Gasteiger partial charge in [0.2, 0.25) is 5.88 Å². The van der Waals surface area contributed by atoms with E-state index < -0.39 is 8.07 Å². The molecule has 0 saturated carbocycles. The van der Waals surface area contributed by atoms with Gasteiger partial charge in [-0.25, -0.2) is 14.6 Å². The molecule has 0 bridgehead atoms. The lowest BCUT2D eigenvalue weighted by Gasteiger charge is -2.15. The number of hydrogen-bond donors (Lipinski definition) is 1. The van der Waals surface area contributed by atoms with Gasteiger partial charge in [0.1, 0.15) is 11.9 Å². The first kappa shape index (κ1) is 18.7. The van der Waals surface area contributed by atoms with Gasteiger partial charge in [-0.15, -0.1) is 0 Å². The van der Waals surface area contributed by atoms with E-state index in [4.69, 9.17) is 16.3 Å². The molecule has 0 aliphatic heterocycles. The predicted molar refractivity (Wildman–Crippen MR) is 104 cm³/mol. The van der Waals surface area contributed by atoms with Crippen LogP contribution in [-0.4, -0.2) is 44.5 Å². The first-order chi connectivity index (χ1) is 12.2. The number of rotatable bonds is 6. The van der Waals surface area contributed by atoms with Crippen LogP contribution in [0.3, 0.4) is 0 Å². The highest BCUT2D eigenvalue weighted by Gasteiger charge is 2.15. The Balaban J connectivity index is 1.81. The van der Waals surface area contributed by atoms with Crippen molar-refractivity contribution in [3.63, 3.8) is 0 Å². The second kappa shape index (κ2) is 7.30. The fourth-order valence-electron chi connectivity index (χ4n) is 2.45. The van der Waals surface area contributed by atoms with Crippen molar-refractivity contribution in [1.29, 1.82) is 0 Å². The summed E-state index contributed by atoms with van der Waals surface area (Å²) in [4.78, 5) is 12.7. The van der Waals surface area contributed by atoms with Gasteiger partial charge in [0.15, 0.2) is 5.82 Å². The van der Waals surface area contributed by atoms with E-state index in [0.717, 1.165) is 23.9 Å². The van der Waals surface area contributed by atoms with E-state index in [1.165, 1.54) is 6.20 Å². The maximum Gasteiger partial charge on any atom is 0.222 e. The molecular formula is C17H22ClN5O2Si. The molecule has 26 heavy (non-hydrogen) atoms. The molecule has 0 aliphatic rings. The molecule has 1 N–H and O–H groups in total. The molecule has 7 nitrogen and oxygen atoms in total. The van der Waals surface area contributed by atoms with Crippen molar-refractivity contribution in [3.8, 4) is 17.3 Å². The molecule has 3 rings (SSSR count). The van der Waals surface area contributed by atoms with Crippen LogP contribution in [0.1, 0.15) is 5.69 Å². The molecule has 0 saturated heterocycles. The molecule has 9 heteroatoms. The Labute approximate surface area is 158 Å². The minimum atomic E-state index is -1.11. The zero-order valence-corrected chi connectivity index (χ0v) is 17.1. The van der Waals surface area contributed by atoms with E-state index in [1.54, 1.807) is 10.7 Å². The third-order valence-electron chi connectivity index (χ3n) is 3.94. The fourth-order valence-corrected chi connectivity index (χ4v) is 3.37. The van der Waals surface area contributed by atoms with Crippen molar-refractivity contribution < 1.29 is 9.84 Å². The fraction of sp³-hybridized carbons (Fsp3) is 0.412. The van der Waals surface area contributed by atoms with E-state index in [2.05, 4.69) is 39.7 Å². The number of aromatic hydroxyl groups is 1. The molecule has 0 amide bonds. The topological polar surface area (TPSA) is 86.0 Å². The Hall–Kier alpha value is -2.03. The summed E-state index contributed by atoms with van der Waals surface area (Å²) in [7, 11) is -1.11. The van der Waals surface area contributed by atoms with Gasteiger partial charge in [0, 0.05) is 20.9 Å². The normalized spacial score (nSPS) is 12.0. The third-order valence-corrected chi connectivity index (χ3v) is 5.85. The second-order valence-corrected chi connectivity index (χ2v) is 13.4. The maximum absolute atomic E-state index is 10.2. The first-order valence-electron chi connectivity index (χ1n) is 8.37. The van der Waals surface area contributed by atoms with Crippen LogP contribution in [0.4, 0.5) is 0 Å². The van der Waals surface area contributed by atoms with Gasteiger partial charge >= 0.3 is 0 Å². The molecule has 0 fully saturated rings. The van der Waals surface area contributed by atoms with Crippen molar-refractivity contribution in [3.05, 3.63) is 29.3 Å². The summed E-state index contributed by atoms with van der Waals surface area (Å²) in [6, 6.07) is 2.65. The highest BCUT2D eigenvalue weighted by molar-refractivity contribution is 6.76. The Morgan fingerprint density at radius 2 is 2.04 bits per heavy atom. The lowest BCUT2D eigenvalue weighted by molar-refractivity contribution is 0.0784. The summed E-state index contributed by atoms with van der Waals surface area (Å²) >= 11 is 5.86. The van der Waals surface area contributed by atoms with Crippen LogP contribution in [0.5, 0.6) is 5.88 Å². The van der Waals surface area contributed by atoms with Crippen LogP contribution in [0.2, 0.25) is 30.8 Å². The minimum Gasteiger partial charge on any atom is -0.493 e. The van der Waals surface area contributed by atoms with Crippen molar-refractivity contribution in [1.82, 2.24) is 24.7 Å². The summed E-state index contributed by atoms with van der Waals surface area (Å²) < 4.78 is 7.45. The number of halogens is 1. The summed E-state index contributed by atoms with van der Waals surface area (Å²) in [5, 5.41) is 15.4. The van der Waals surface area contributed by atoms with Gasteiger partial charge in [-0.3, -0.25) is 0 Å². The van der Waals surface area contributed by atoms with Crippen molar-refractivity contribution in [2.24, 2.45) is 0 Å². The number of aryl methyl sites for hydroxylation is 1. The molecule has 0 aromatic carbocycles. The lowest BCUT2D eigenvalue weighted by Crippen LogP contribution is -2.22. The number of fused-ring (bicyclic) bond motifs is 1. The molecule has 3 aromatic rings. The third kappa shape index (κ3) is 4.38. The van der Waals surface area contributed by atoms with Crippen LogP contribution in [-0.2, 0) is 11.5 Å². The number of ether oxygens (including phenoxy) is 1. The largest absolute Gasteiger partial charge is 0.493 e. The van der Waals surface area contributed by atoms with Gasteiger partial charge in [0.25, 0.3) is 0 Å². The average Bonchev–Trinajstić information content (AvgIpc) is 2.92. The van der Waals surface area contributed by atoms with Crippen molar-refractivity contribution in [2.75, 3.05) is 6.61 Å². The molecule has 3 aromatic heterocycles. The zero-order valence-electron chi connectivity index (χ0n) is 15.3. The molecular weight excluding hydrogens is 370 g/mol. The number of aromatic nitrogens is 5. The predicted octanol–water partition coefficient (Wildman–Crippen LogP) is 3.87.